The van der Waals surface area contributed by atoms with E-state index in [0.29, 0.717) is 31.7 Å². The molecule has 1 aliphatic rings. The first-order chi connectivity index (χ1) is 10.4. The Morgan fingerprint density at radius 1 is 1.38 bits per heavy atom. The zero-order valence-corrected chi connectivity index (χ0v) is 14.7. The minimum atomic E-state index is -4.39. The van der Waals surface area contributed by atoms with Crippen molar-refractivity contribution in [3.63, 3.8) is 0 Å². The van der Waals surface area contributed by atoms with E-state index in [9.17, 15) is 18.0 Å². The van der Waals surface area contributed by atoms with Gasteiger partial charge in [-0.1, -0.05) is 6.07 Å². The molecule has 1 amide bonds. The molecular formula is C14H21Cl2F3N4O. The highest BCUT2D eigenvalue weighted by Gasteiger charge is 2.43. The van der Waals surface area contributed by atoms with Gasteiger partial charge in [0.15, 0.2) is 0 Å². The second-order valence-electron chi connectivity index (χ2n) is 5.22. The molecular weight excluding hydrogens is 368 g/mol. The lowest BCUT2D eigenvalue weighted by atomic mass is 10.2. The third-order valence-corrected chi connectivity index (χ3v) is 3.65. The van der Waals surface area contributed by atoms with E-state index in [2.05, 4.69) is 15.6 Å². The second kappa shape index (κ2) is 10.0. The van der Waals surface area contributed by atoms with Gasteiger partial charge in [0.25, 0.3) is 5.91 Å². The summed E-state index contributed by atoms with van der Waals surface area (Å²) in [6, 6.07) is 1.69. The van der Waals surface area contributed by atoms with Gasteiger partial charge in [0.1, 0.15) is 11.7 Å². The average molecular weight is 389 g/mol. The third-order valence-electron chi connectivity index (χ3n) is 3.65. The van der Waals surface area contributed by atoms with Crippen molar-refractivity contribution in [2.24, 2.45) is 0 Å². The molecule has 0 aliphatic carbocycles. The first-order valence-electron chi connectivity index (χ1n) is 7.11. The number of carbonyl (C=O) groups is 1. The third kappa shape index (κ3) is 6.08. The molecule has 2 N–H and O–H groups in total. The van der Waals surface area contributed by atoms with E-state index >= 15 is 0 Å². The van der Waals surface area contributed by atoms with E-state index in [-0.39, 0.29) is 30.5 Å². The van der Waals surface area contributed by atoms with Crippen molar-refractivity contribution in [3.8, 4) is 0 Å². The number of pyridine rings is 1. The maximum Gasteiger partial charge on any atom is 0.405 e. The lowest BCUT2D eigenvalue weighted by Crippen LogP contribution is -2.57. The van der Waals surface area contributed by atoms with E-state index in [1.807, 2.05) is 0 Å². The number of halogens is 5. The molecule has 0 saturated carbocycles. The number of aryl methyl sites for hydroxylation is 1. The topological polar surface area (TPSA) is 57.3 Å². The normalized spacial score (nSPS) is 16.5. The van der Waals surface area contributed by atoms with Gasteiger partial charge in [0.2, 0.25) is 0 Å². The van der Waals surface area contributed by atoms with Crippen LogP contribution in [-0.2, 0) is 0 Å². The lowest BCUT2D eigenvalue weighted by Gasteiger charge is -2.35. The van der Waals surface area contributed by atoms with Crippen LogP contribution in [-0.4, -0.2) is 60.7 Å². The molecule has 0 radical (unpaired) electrons. The number of amides is 1. The fraction of sp³-hybridized carbons (Fsp3) is 0.571. The molecule has 5 nitrogen and oxygen atoms in total. The minimum absolute atomic E-state index is 0. The van der Waals surface area contributed by atoms with Gasteiger partial charge >= 0.3 is 6.18 Å². The van der Waals surface area contributed by atoms with Crippen LogP contribution in [0.3, 0.4) is 0 Å². The van der Waals surface area contributed by atoms with E-state index in [1.54, 1.807) is 19.1 Å². The Morgan fingerprint density at radius 2 is 2.00 bits per heavy atom. The predicted molar refractivity (Wildman–Crippen MR) is 90.1 cm³/mol. The van der Waals surface area contributed by atoms with Crippen LogP contribution >= 0.6 is 24.8 Å². The van der Waals surface area contributed by atoms with Gasteiger partial charge in [0.05, 0.1) is 0 Å². The number of carbonyl (C=O) groups excluding carboxylic acids is 1. The van der Waals surface area contributed by atoms with Gasteiger partial charge in [-0.25, -0.2) is 0 Å². The van der Waals surface area contributed by atoms with E-state index in [4.69, 9.17) is 0 Å². The summed E-state index contributed by atoms with van der Waals surface area (Å²) in [4.78, 5) is 17.3. The second-order valence-corrected chi connectivity index (χ2v) is 5.22. The number of hydrogen-bond acceptors (Lipinski definition) is 4. The number of nitrogens with one attached hydrogen (secondary N) is 2. The van der Waals surface area contributed by atoms with Crippen molar-refractivity contribution >= 4 is 30.7 Å². The van der Waals surface area contributed by atoms with Crippen LogP contribution in [0.5, 0.6) is 0 Å². The Labute approximate surface area is 151 Å². The first kappa shape index (κ1) is 22.9. The summed E-state index contributed by atoms with van der Waals surface area (Å²) in [5, 5.41) is 5.37. The smallest absolute Gasteiger partial charge is 0.349 e. The molecule has 0 spiro atoms. The summed E-state index contributed by atoms with van der Waals surface area (Å²) in [6.45, 7) is 2.86. The quantitative estimate of drug-likeness (QED) is 0.825. The largest absolute Gasteiger partial charge is 0.405 e. The molecule has 1 aliphatic heterocycles. The van der Waals surface area contributed by atoms with Crippen LogP contribution in [0.1, 0.15) is 16.1 Å². The molecule has 2 heterocycles. The molecule has 1 aromatic heterocycles. The molecule has 1 aromatic rings. The number of rotatable bonds is 4. The molecule has 1 unspecified atom stereocenters. The summed E-state index contributed by atoms with van der Waals surface area (Å²) in [6.07, 6.45) is -2.94. The summed E-state index contributed by atoms with van der Waals surface area (Å²) in [5.41, 5.74) is 0.787. The summed E-state index contributed by atoms with van der Waals surface area (Å²) >= 11 is 0. The maximum atomic E-state index is 13.2. The average Bonchev–Trinajstić information content (AvgIpc) is 2.47. The summed E-state index contributed by atoms with van der Waals surface area (Å²) in [5.74, 6) is -0.581. The van der Waals surface area contributed by atoms with Crippen LogP contribution < -0.4 is 10.6 Å². The van der Waals surface area contributed by atoms with Crippen molar-refractivity contribution in [2.75, 3.05) is 32.7 Å². The number of hydrogen-bond donors (Lipinski definition) is 2. The Hall–Kier alpha value is -1.09. The SMILES string of the molecule is Cc1cccnc1C(=O)NCC(N1CCNCC1)C(F)(F)F.Cl.Cl. The zero-order valence-electron chi connectivity index (χ0n) is 13.1. The molecule has 10 heteroatoms. The van der Waals surface area contributed by atoms with Crippen molar-refractivity contribution in [1.82, 2.24) is 20.5 Å². The summed E-state index contributed by atoms with van der Waals surface area (Å²) in [7, 11) is 0. The number of aromatic nitrogens is 1. The van der Waals surface area contributed by atoms with Crippen LogP contribution in [0.25, 0.3) is 0 Å². The molecule has 0 aromatic carbocycles. The number of alkyl halides is 3. The Bertz CT molecular complexity index is 525. The first-order valence-corrected chi connectivity index (χ1v) is 7.11. The molecule has 1 saturated heterocycles. The Kier molecular flexibility index (Phi) is 9.57. The van der Waals surface area contributed by atoms with Crippen LogP contribution in [0.2, 0.25) is 0 Å². The number of piperazine rings is 1. The fourth-order valence-corrected chi connectivity index (χ4v) is 2.44. The maximum absolute atomic E-state index is 13.2. The molecule has 1 fully saturated rings. The van der Waals surface area contributed by atoms with Crippen LogP contribution in [0.15, 0.2) is 18.3 Å². The fourth-order valence-electron chi connectivity index (χ4n) is 2.44. The summed E-state index contributed by atoms with van der Waals surface area (Å²) < 4.78 is 39.6. The standard InChI is InChI=1S/C14H19F3N4O.2ClH/c1-10-3-2-4-19-12(10)13(22)20-9-11(14(15,16)17)21-7-5-18-6-8-21;;/h2-4,11,18H,5-9H2,1H3,(H,20,22);2*1H. The van der Waals surface area contributed by atoms with Gasteiger partial charge in [-0.05, 0) is 18.6 Å². The molecule has 1 atom stereocenters. The van der Waals surface area contributed by atoms with Gasteiger partial charge in [-0.3, -0.25) is 14.7 Å². The van der Waals surface area contributed by atoms with Crippen molar-refractivity contribution in [1.29, 1.82) is 0 Å². The lowest BCUT2D eigenvalue weighted by molar-refractivity contribution is -0.183. The van der Waals surface area contributed by atoms with Gasteiger partial charge in [0, 0.05) is 38.9 Å². The molecule has 0 bridgehead atoms. The minimum Gasteiger partial charge on any atom is -0.349 e. The highest BCUT2D eigenvalue weighted by atomic mass is 35.5. The number of nitrogens with zero attached hydrogens (tertiary/aromatic N) is 2. The Morgan fingerprint density at radius 3 is 2.54 bits per heavy atom. The van der Waals surface area contributed by atoms with Crippen molar-refractivity contribution in [3.05, 3.63) is 29.6 Å². The highest BCUT2D eigenvalue weighted by molar-refractivity contribution is 5.93. The van der Waals surface area contributed by atoms with Crippen molar-refractivity contribution < 1.29 is 18.0 Å². The van der Waals surface area contributed by atoms with Crippen LogP contribution in [0.4, 0.5) is 13.2 Å². The van der Waals surface area contributed by atoms with Gasteiger partial charge in [-0.15, -0.1) is 24.8 Å². The zero-order chi connectivity index (χ0) is 16.2. The van der Waals surface area contributed by atoms with E-state index < -0.39 is 24.7 Å². The van der Waals surface area contributed by atoms with E-state index in [0.717, 1.165) is 0 Å². The van der Waals surface area contributed by atoms with Crippen molar-refractivity contribution in [2.45, 2.75) is 19.1 Å². The van der Waals surface area contributed by atoms with Gasteiger partial charge < -0.3 is 10.6 Å². The van der Waals surface area contributed by atoms with Crippen LogP contribution in [0, 0.1) is 6.92 Å². The highest BCUT2D eigenvalue weighted by Crippen LogP contribution is 2.24. The predicted octanol–water partition coefficient (Wildman–Crippen LogP) is 1.80. The van der Waals surface area contributed by atoms with E-state index in [1.165, 1.54) is 11.1 Å². The van der Waals surface area contributed by atoms with Gasteiger partial charge in [-0.2, -0.15) is 13.2 Å². The molecule has 2 rings (SSSR count). The monoisotopic (exact) mass is 388 g/mol. The molecule has 24 heavy (non-hydrogen) atoms. The Balaban J connectivity index is 0.00000264. The molecule has 138 valence electrons.